The van der Waals surface area contributed by atoms with E-state index in [1.54, 1.807) is 11.3 Å². The molecule has 1 aromatic carbocycles. The molecule has 0 saturated carbocycles. The van der Waals surface area contributed by atoms with Crippen LogP contribution in [0.2, 0.25) is 4.34 Å². The van der Waals surface area contributed by atoms with Crippen LogP contribution in [0.25, 0.3) is 0 Å². The molecule has 0 aliphatic heterocycles. The lowest BCUT2D eigenvalue weighted by Crippen LogP contribution is -2.09. The molecular formula is C14H13Br2ClS. The molecule has 2 rings (SSSR count). The van der Waals surface area contributed by atoms with Crippen molar-refractivity contribution in [1.82, 2.24) is 0 Å². The molecule has 0 N–H and O–H groups in total. The Morgan fingerprint density at radius 3 is 2.61 bits per heavy atom. The van der Waals surface area contributed by atoms with Crippen molar-refractivity contribution >= 4 is 54.8 Å². The summed E-state index contributed by atoms with van der Waals surface area (Å²) in [5.74, 6) is 0.606. The second-order valence-electron chi connectivity index (χ2n) is 4.26. The molecule has 1 heterocycles. The smallest absolute Gasteiger partial charge is 0.0931 e. The second kappa shape index (κ2) is 7.09. The summed E-state index contributed by atoms with van der Waals surface area (Å²) in [6, 6.07) is 12.6. The van der Waals surface area contributed by atoms with Gasteiger partial charge >= 0.3 is 0 Å². The van der Waals surface area contributed by atoms with Gasteiger partial charge in [-0.05, 0) is 48.6 Å². The van der Waals surface area contributed by atoms with Crippen molar-refractivity contribution in [3.05, 3.63) is 55.6 Å². The van der Waals surface area contributed by atoms with E-state index in [2.05, 4.69) is 62.2 Å². The Labute approximate surface area is 134 Å². The lowest BCUT2D eigenvalue weighted by atomic mass is 9.97. The van der Waals surface area contributed by atoms with Crippen LogP contribution in [0.3, 0.4) is 0 Å². The van der Waals surface area contributed by atoms with Gasteiger partial charge in [-0.1, -0.05) is 55.6 Å². The van der Waals surface area contributed by atoms with Crippen LogP contribution < -0.4 is 0 Å². The van der Waals surface area contributed by atoms with Gasteiger partial charge in [0.2, 0.25) is 0 Å². The highest BCUT2D eigenvalue weighted by molar-refractivity contribution is 9.10. The number of halogens is 3. The molecule has 0 aliphatic rings. The van der Waals surface area contributed by atoms with E-state index in [9.17, 15) is 0 Å². The highest BCUT2D eigenvalue weighted by Gasteiger charge is 2.11. The molecule has 0 aliphatic carbocycles. The number of hydrogen-bond donors (Lipinski definition) is 0. The summed E-state index contributed by atoms with van der Waals surface area (Å²) in [6.07, 6.45) is 2.16. The normalized spacial score (nSPS) is 12.6. The fourth-order valence-electron chi connectivity index (χ4n) is 1.92. The fourth-order valence-corrected chi connectivity index (χ4v) is 4.03. The zero-order valence-corrected chi connectivity index (χ0v) is 14.4. The topological polar surface area (TPSA) is 0 Å². The summed E-state index contributed by atoms with van der Waals surface area (Å²) in [7, 11) is 0. The summed E-state index contributed by atoms with van der Waals surface area (Å²) in [6.45, 7) is 0. The molecule has 0 bridgehead atoms. The van der Waals surface area contributed by atoms with Crippen molar-refractivity contribution in [2.45, 2.75) is 12.8 Å². The summed E-state index contributed by atoms with van der Waals surface area (Å²) in [5.41, 5.74) is 1.37. The molecule has 0 amide bonds. The Morgan fingerprint density at radius 2 is 2.00 bits per heavy atom. The molecule has 1 atom stereocenters. The standard InChI is InChI=1S/C14H13Br2ClS/c15-9-11(8-13-4-5-14(17)18-13)6-10-2-1-3-12(16)7-10/h1-5,7,11H,6,8-9H2. The highest BCUT2D eigenvalue weighted by Crippen LogP contribution is 2.26. The van der Waals surface area contributed by atoms with Crippen LogP contribution in [-0.4, -0.2) is 5.33 Å². The lowest BCUT2D eigenvalue weighted by molar-refractivity contribution is 0.596. The third-order valence-electron chi connectivity index (χ3n) is 2.75. The molecule has 96 valence electrons. The van der Waals surface area contributed by atoms with E-state index < -0.39 is 0 Å². The number of benzene rings is 1. The summed E-state index contributed by atoms with van der Waals surface area (Å²) in [4.78, 5) is 1.36. The number of rotatable bonds is 5. The maximum atomic E-state index is 5.97. The van der Waals surface area contributed by atoms with Crippen LogP contribution in [0.15, 0.2) is 40.9 Å². The molecule has 1 aromatic heterocycles. The molecular weight excluding hydrogens is 395 g/mol. The van der Waals surface area contributed by atoms with Crippen molar-refractivity contribution in [1.29, 1.82) is 0 Å². The molecule has 0 spiro atoms. The van der Waals surface area contributed by atoms with E-state index in [-0.39, 0.29) is 0 Å². The Kier molecular flexibility index (Phi) is 5.74. The van der Waals surface area contributed by atoms with Crippen molar-refractivity contribution in [2.75, 3.05) is 5.33 Å². The zero-order valence-electron chi connectivity index (χ0n) is 9.70. The van der Waals surface area contributed by atoms with Gasteiger partial charge in [0, 0.05) is 14.7 Å². The highest BCUT2D eigenvalue weighted by atomic mass is 79.9. The van der Waals surface area contributed by atoms with Gasteiger partial charge in [-0.15, -0.1) is 11.3 Å². The Bertz CT molecular complexity index is 510. The number of alkyl halides is 1. The predicted octanol–water partition coefficient (Wildman–Crippen LogP) is 5.96. The summed E-state index contributed by atoms with van der Waals surface area (Å²) < 4.78 is 2.02. The molecule has 0 radical (unpaired) electrons. The van der Waals surface area contributed by atoms with E-state index in [0.29, 0.717) is 5.92 Å². The van der Waals surface area contributed by atoms with Crippen molar-refractivity contribution in [3.8, 4) is 0 Å². The first-order valence-electron chi connectivity index (χ1n) is 5.72. The molecule has 1 unspecified atom stereocenters. The molecule has 0 nitrogen and oxygen atoms in total. The predicted molar refractivity (Wildman–Crippen MR) is 88.2 cm³/mol. The van der Waals surface area contributed by atoms with Gasteiger partial charge in [-0.2, -0.15) is 0 Å². The van der Waals surface area contributed by atoms with E-state index in [4.69, 9.17) is 11.6 Å². The first-order chi connectivity index (χ1) is 8.67. The molecule has 4 heteroatoms. The second-order valence-corrected chi connectivity index (χ2v) is 7.63. The van der Waals surface area contributed by atoms with Gasteiger partial charge in [0.05, 0.1) is 4.34 Å². The van der Waals surface area contributed by atoms with Gasteiger partial charge in [0.15, 0.2) is 0 Å². The maximum absolute atomic E-state index is 5.97. The maximum Gasteiger partial charge on any atom is 0.0931 e. The van der Waals surface area contributed by atoms with Crippen molar-refractivity contribution in [3.63, 3.8) is 0 Å². The first kappa shape index (κ1) is 14.6. The lowest BCUT2D eigenvalue weighted by Gasteiger charge is -2.13. The van der Waals surface area contributed by atoms with Crippen LogP contribution in [-0.2, 0) is 12.8 Å². The summed E-state index contributed by atoms with van der Waals surface area (Å²) in [5, 5.41) is 1.01. The summed E-state index contributed by atoms with van der Waals surface area (Å²) >= 11 is 14.8. The van der Waals surface area contributed by atoms with Crippen LogP contribution in [0.5, 0.6) is 0 Å². The van der Waals surface area contributed by atoms with Gasteiger partial charge in [0.25, 0.3) is 0 Å². The minimum absolute atomic E-state index is 0.606. The Hall–Kier alpha value is 0.170. The quantitative estimate of drug-likeness (QED) is 0.536. The van der Waals surface area contributed by atoms with Crippen LogP contribution in [0.1, 0.15) is 10.4 Å². The van der Waals surface area contributed by atoms with Crippen LogP contribution >= 0.6 is 54.8 Å². The van der Waals surface area contributed by atoms with Crippen LogP contribution in [0, 0.1) is 5.92 Å². The average molecular weight is 409 g/mol. The van der Waals surface area contributed by atoms with E-state index >= 15 is 0 Å². The van der Waals surface area contributed by atoms with E-state index in [0.717, 1.165) is 27.0 Å². The van der Waals surface area contributed by atoms with Gasteiger partial charge in [-0.3, -0.25) is 0 Å². The van der Waals surface area contributed by atoms with Gasteiger partial charge in [0.1, 0.15) is 0 Å². The van der Waals surface area contributed by atoms with E-state index in [1.165, 1.54) is 10.4 Å². The number of thiophene rings is 1. The monoisotopic (exact) mass is 406 g/mol. The Morgan fingerprint density at radius 1 is 1.17 bits per heavy atom. The fraction of sp³-hybridized carbons (Fsp3) is 0.286. The van der Waals surface area contributed by atoms with Crippen LogP contribution in [0.4, 0.5) is 0 Å². The average Bonchev–Trinajstić information content (AvgIpc) is 2.74. The van der Waals surface area contributed by atoms with Gasteiger partial charge < -0.3 is 0 Å². The molecule has 18 heavy (non-hydrogen) atoms. The van der Waals surface area contributed by atoms with Gasteiger partial charge in [-0.25, -0.2) is 0 Å². The third kappa shape index (κ3) is 4.37. The Balaban J connectivity index is 2.01. The minimum Gasteiger partial charge on any atom is -0.128 e. The molecule has 2 aromatic rings. The SMILES string of the molecule is Clc1ccc(CC(CBr)Cc2cccc(Br)c2)s1. The number of hydrogen-bond acceptors (Lipinski definition) is 1. The van der Waals surface area contributed by atoms with Crippen molar-refractivity contribution < 1.29 is 0 Å². The first-order valence-corrected chi connectivity index (χ1v) is 8.83. The third-order valence-corrected chi connectivity index (χ3v) is 5.41. The minimum atomic E-state index is 0.606. The zero-order chi connectivity index (χ0) is 13.0. The molecule has 0 saturated heterocycles. The molecule has 0 fully saturated rings. The van der Waals surface area contributed by atoms with Crippen molar-refractivity contribution in [2.24, 2.45) is 5.92 Å². The largest absolute Gasteiger partial charge is 0.128 e. The van der Waals surface area contributed by atoms with E-state index in [1.807, 2.05) is 6.07 Å².